The molecule has 100 valence electrons. The summed E-state index contributed by atoms with van der Waals surface area (Å²) < 4.78 is 0. The molecule has 0 spiro atoms. The van der Waals surface area contributed by atoms with Gasteiger partial charge in [-0.15, -0.1) is 0 Å². The van der Waals surface area contributed by atoms with Gasteiger partial charge >= 0.3 is 0 Å². The van der Waals surface area contributed by atoms with Crippen LogP contribution >= 0.6 is 11.8 Å². The first-order valence-electron chi connectivity index (χ1n) is 6.73. The van der Waals surface area contributed by atoms with E-state index in [1.54, 1.807) is 18.0 Å². The molecule has 0 aromatic carbocycles. The number of pyridine rings is 1. The van der Waals surface area contributed by atoms with Gasteiger partial charge in [0, 0.05) is 6.20 Å². The molecule has 1 heterocycles. The van der Waals surface area contributed by atoms with Gasteiger partial charge in [-0.3, -0.25) is 0 Å². The number of thioether (sulfide) groups is 1. The van der Waals surface area contributed by atoms with Crippen molar-refractivity contribution in [3.63, 3.8) is 0 Å². The van der Waals surface area contributed by atoms with Crippen molar-refractivity contribution in [3.8, 4) is 0 Å². The second kappa shape index (κ2) is 10.2. The van der Waals surface area contributed by atoms with Gasteiger partial charge in [-0.25, -0.2) is 4.98 Å². The number of aromatic nitrogens is 1. The molecule has 0 aliphatic heterocycles. The second-order valence-corrected chi connectivity index (χ2v) is 5.32. The third-order valence-electron chi connectivity index (χ3n) is 2.72. The predicted octanol–water partition coefficient (Wildman–Crippen LogP) is 4.41. The Hall–Kier alpha value is -0.800. The summed E-state index contributed by atoms with van der Waals surface area (Å²) in [6.07, 6.45) is 10.2. The average Bonchev–Trinajstić information content (AvgIpc) is 2.41. The smallest absolute Gasteiger partial charge is 0.100 e. The fourth-order valence-electron chi connectivity index (χ4n) is 1.67. The molecule has 2 nitrogen and oxygen atoms in total. The number of hydrogen-bond acceptors (Lipinski definition) is 3. The van der Waals surface area contributed by atoms with Crippen molar-refractivity contribution in [2.24, 2.45) is 0 Å². The van der Waals surface area contributed by atoms with E-state index in [2.05, 4.69) is 11.9 Å². The summed E-state index contributed by atoms with van der Waals surface area (Å²) in [5.41, 5.74) is 0. The number of unbranched alkanes of at least 4 members (excludes halogenated alkanes) is 3. The van der Waals surface area contributed by atoms with Gasteiger partial charge in [0.05, 0.1) is 6.10 Å². The summed E-state index contributed by atoms with van der Waals surface area (Å²) >= 11 is 1.59. The van der Waals surface area contributed by atoms with Gasteiger partial charge in [0.15, 0.2) is 0 Å². The van der Waals surface area contributed by atoms with Crippen LogP contribution in [-0.2, 0) is 0 Å². The lowest BCUT2D eigenvalue weighted by Crippen LogP contribution is -2.04. The first-order valence-corrected chi connectivity index (χ1v) is 7.61. The molecular formula is C15H23NOS. The maximum atomic E-state index is 9.77. The van der Waals surface area contributed by atoms with Crippen LogP contribution < -0.4 is 0 Å². The van der Waals surface area contributed by atoms with Crippen molar-refractivity contribution < 1.29 is 5.11 Å². The minimum atomic E-state index is -0.192. The van der Waals surface area contributed by atoms with Crippen LogP contribution in [0.25, 0.3) is 0 Å². The van der Waals surface area contributed by atoms with Crippen LogP contribution in [0.3, 0.4) is 0 Å². The molecule has 0 aliphatic carbocycles. The number of hydrogen-bond donors (Lipinski definition) is 1. The third kappa shape index (κ3) is 7.51. The van der Waals surface area contributed by atoms with Crippen LogP contribution in [0.4, 0.5) is 0 Å². The summed E-state index contributed by atoms with van der Waals surface area (Å²) in [6, 6.07) is 5.87. The van der Waals surface area contributed by atoms with E-state index in [9.17, 15) is 5.11 Å². The topological polar surface area (TPSA) is 33.1 Å². The standard InChI is InChI=1S/C15H23NOS/c1-2-3-4-5-9-14(17)10-8-13-18-15-11-6-7-12-16-15/h6-8,11-14,17H,2-5,9-10H2,1H3/b13-8+. The van der Waals surface area contributed by atoms with Crippen molar-refractivity contribution in [3.05, 3.63) is 35.9 Å². The van der Waals surface area contributed by atoms with E-state index in [-0.39, 0.29) is 6.10 Å². The van der Waals surface area contributed by atoms with Crippen molar-refractivity contribution in [2.75, 3.05) is 0 Å². The Morgan fingerprint density at radius 1 is 1.33 bits per heavy atom. The van der Waals surface area contributed by atoms with E-state index in [1.165, 1.54) is 19.3 Å². The molecule has 3 heteroatoms. The second-order valence-electron chi connectivity index (χ2n) is 4.40. The van der Waals surface area contributed by atoms with Gasteiger partial charge in [-0.2, -0.15) is 0 Å². The van der Waals surface area contributed by atoms with Gasteiger partial charge in [-0.05, 0) is 30.4 Å². The summed E-state index contributed by atoms with van der Waals surface area (Å²) in [5, 5.41) is 12.8. The Labute approximate surface area is 115 Å². The summed E-state index contributed by atoms with van der Waals surface area (Å²) in [4.78, 5) is 4.21. The molecule has 0 amide bonds. The zero-order valence-electron chi connectivity index (χ0n) is 11.1. The molecule has 1 aromatic rings. The number of aliphatic hydroxyl groups is 1. The molecular weight excluding hydrogens is 242 g/mol. The van der Waals surface area contributed by atoms with Gasteiger partial charge < -0.3 is 5.11 Å². The first kappa shape index (κ1) is 15.3. The zero-order valence-corrected chi connectivity index (χ0v) is 11.9. The molecule has 0 saturated heterocycles. The molecule has 1 rings (SSSR count). The number of nitrogens with zero attached hydrogens (tertiary/aromatic N) is 1. The quantitative estimate of drug-likeness (QED) is 0.530. The first-order chi connectivity index (χ1) is 8.83. The fraction of sp³-hybridized carbons (Fsp3) is 0.533. The highest BCUT2D eigenvalue weighted by molar-refractivity contribution is 8.02. The molecule has 0 bridgehead atoms. The Kier molecular flexibility index (Phi) is 8.61. The molecule has 1 N–H and O–H groups in total. The van der Waals surface area contributed by atoms with Gasteiger partial charge in [0.25, 0.3) is 0 Å². The van der Waals surface area contributed by atoms with E-state index in [0.717, 1.165) is 24.3 Å². The molecule has 1 unspecified atom stereocenters. The monoisotopic (exact) mass is 265 g/mol. The highest BCUT2D eigenvalue weighted by atomic mass is 32.2. The van der Waals surface area contributed by atoms with Crippen molar-refractivity contribution >= 4 is 11.8 Å². The van der Waals surface area contributed by atoms with Crippen LogP contribution in [0.15, 0.2) is 40.9 Å². The van der Waals surface area contributed by atoms with Crippen LogP contribution in [-0.4, -0.2) is 16.2 Å². The maximum Gasteiger partial charge on any atom is 0.100 e. The van der Waals surface area contributed by atoms with Crippen molar-refractivity contribution in [1.29, 1.82) is 0 Å². The molecule has 1 atom stereocenters. The lowest BCUT2D eigenvalue weighted by molar-refractivity contribution is 0.164. The van der Waals surface area contributed by atoms with Crippen LogP contribution in [0.5, 0.6) is 0 Å². The average molecular weight is 265 g/mol. The third-order valence-corrected chi connectivity index (χ3v) is 3.53. The van der Waals surface area contributed by atoms with Crippen molar-refractivity contribution in [1.82, 2.24) is 4.98 Å². The Morgan fingerprint density at radius 2 is 2.22 bits per heavy atom. The van der Waals surface area contributed by atoms with E-state index in [0.29, 0.717) is 0 Å². The number of aliphatic hydroxyl groups excluding tert-OH is 1. The molecule has 1 aromatic heterocycles. The highest BCUT2D eigenvalue weighted by Crippen LogP contribution is 2.16. The summed E-state index contributed by atoms with van der Waals surface area (Å²) in [6.45, 7) is 2.20. The SMILES string of the molecule is CCCCCCC(O)C/C=C/Sc1ccccn1. The Bertz CT molecular complexity index is 327. The molecule has 18 heavy (non-hydrogen) atoms. The van der Waals surface area contributed by atoms with Crippen LogP contribution in [0.2, 0.25) is 0 Å². The molecule has 0 aliphatic rings. The van der Waals surface area contributed by atoms with Crippen molar-refractivity contribution in [2.45, 2.75) is 56.6 Å². The predicted molar refractivity (Wildman–Crippen MR) is 78.6 cm³/mol. The van der Waals surface area contributed by atoms with E-state index in [4.69, 9.17) is 0 Å². The normalized spacial score (nSPS) is 13.0. The largest absolute Gasteiger partial charge is 0.393 e. The fourth-order valence-corrected chi connectivity index (χ4v) is 2.30. The molecule has 0 fully saturated rings. The highest BCUT2D eigenvalue weighted by Gasteiger charge is 2.00. The van der Waals surface area contributed by atoms with E-state index >= 15 is 0 Å². The maximum absolute atomic E-state index is 9.77. The Balaban J connectivity index is 2.08. The lowest BCUT2D eigenvalue weighted by atomic mass is 10.1. The summed E-state index contributed by atoms with van der Waals surface area (Å²) in [7, 11) is 0. The van der Waals surface area contributed by atoms with Gasteiger partial charge in [0.1, 0.15) is 5.03 Å². The minimum Gasteiger partial charge on any atom is -0.393 e. The molecule has 0 radical (unpaired) electrons. The van der Waals surface area contributed by atoms with Crippen LogP contribution in [0, 0.1) is 0 Å². The minimum absolute atomic E-state index is 0.192. The van der Waals surface area contributed by atoms with E-state index in [1.807, 2.05) is 29.7 Å². The van der Waals surface area contributed by atoms with Crippen LogP contribution in [0.1, 0.15) is 45.4 Å². The zero-order chi connectivity index (χ0) is 13.1. The number of rotatable bonds is 9. The Morgan fingerprint density at radius 3 is 2.94 bits per heavy atom. The van der Waals surface area contributed by atoms with Gasteiger partial charge in [0.2, 0.25) is 0 Å². The van der Waals surface area contributed by atoms with Gasteiger partial charge in [-0.1, -0.05) is 56.5 Å². The van der Waals surface area contributed by atoms with E-state index < -0.39 is 0 Å². The lowest BCUT2D eigenvalue weighted by Gasteiger charge is -2.06. The summed E-state index contributed by atoms with van der Waals surface area (Å²) in [5.74, 6) is 0. The molecule has 0 saturated carbocycles.